The van der Waals surface area contributed by atoms with Crippen molar-refractivity contribution in [1.82, 2.24) is 19.5 Å². The van der Waals surface area contributed by atoms with Crippen LogP contribution in [0.25, 0.3) is 11.2 Å². The zero-order valence-corrected chi connectivity index (χ0v) is 29.1. The van der Waals surface area contributed by atoms with E-state index in [1.54, 1.807) is 0 Å². The molecule has 2 unspecified atom stereocenters. The third-order valence-corrected chi connectivity index (χ3v) is 7.36. The predicted molar refractivity (Wildman–Crippen MR) is 85.2 cm³/mol. The predicted octanol–water partition coefficient (Wildman–Crippen LogP) is -15.1. The van der Waals surface area contributed by atoms with Gasteiger partial charge in [-0.25, -0.2) is 19.3 Å². The molecule has 0 aromatic carbocycles. The zero-order valence-electron chi connectivity index (χ0n) is 18.4. The number of hydrogen-bond acceptors (Lipinski definition) is 16. The van der Waals surface area contributed by atoms with Gasteiger partial charge in [0.05, 0.1) is 26.9 Å². The summed E-state index contributed by atoms with van der Waals surface area (Å²) in [5.41, 5.74) is 6.23. The van der Waals surface area contributed by atoms with Gasteiger partial charge in [0.25, 0.3) is 15.6 Å². The third-order valence-electron chi connectivity index (χ3n) is 3.70. The Balaban J connectivity index is 0. The molecule has 5 atom stereocenters. The fourth-order valence-corrected chi connectivity index (χ4v) is 5.43. The molecule has 0 aliphatic carbocycles. The molecule has 0 radical (unpaired) electrons. The molecule has 1 saturated heterocycles. The summed E-state index contributed by atoms with van der Waals surface area (Å²) in [6.07, 6.45) is -0.946. The SMILES string of the molecule is Nc1ncnc2c1ncn2[C@H]1C[C@H](O)[C@@H](COP(=O)([O-])OP(=O)([O-])OP(=O)([O-])[O-])O1.[Na+].[Na+].[Na+].[Na+]. The van der Waals surface area contributed by atoms with Gasteiger partial charge in [0.15, 0.2) is 11.5 Å². The van der Waals surface area contributed by atoms with E-state index >= 15 is 0 Å². The molecule has 1 fully saturated rings. The van der Waals surface area contributed by atoms with Crippen molar-refractivity contribution in [3.8, 4) is 0 Å². The summed E-state index contributed by atoms with van der Waals surface area (Å²) < 4.78 is 50.7. The molecule has 2 aromatic heterocycles. The van der Waals surface area contributed by atoms with Crippen LogP contribution in [0.1, 0.15) is 12.6 Å². The number of nitrogen functional groups attached to an aromatic ring is 1. The number of rotatable bonds is 8. The van der Waals surface area contributed by atoms with Crippen LogP contribution < -0.4 is 144 Å². The molecule has 3 rings (SSSR count). The van der Waals surface area contributed by atoms with Crippen LogP contribution in [0.3, 0.4) is 0 Å². The maximum atomic E-state index is 11.6. The van der Waals surface area contributed by atoms with Crippen LogP contribution in [0, 0.1) is 0 Å². The van der Waals surface area contributed by atoms with E-state index in [0.717, 1.165) is 0 Å². The van der Waals surface area contributed by atoms with Gasteiger partial charge in [-0.05, 0) is 0 Å². The molecule has 24 heteroatoms. The molecule has 0 spiro atoms. The maximum absolute atomic E-state index is 11.6. The number of aliphatic hydroxyl groups is 1. The minimum absolute atomic E-state index is 0. The van der Waals surface area contributed by atoms with E-state index in [9.17, 15) is 38.4 Å². The molecule has 0 bridgehead atoms. The molecule has 17 nitrogen and oxygen atoms in total. The number of fused-ring (bicyclic) bond motifs is 1. The van der Waals surface area contributed by atoms with Crippen LogP contribution in [0.2, 0.25) is 0 Å². The van der Waals surface area contributed by atoms with Gasteiger partial charge in [-0.15, -0.1) is 0 Å². The first-order chi connectivity index (χ1) is 13.8. The molecular weight excluding hydrogens is 567 g/mol. The fraction of sp³-hybridized carbons (Fsp3) is 0.500. The second kappa shape index (κ2) is 15.5. The van der Waals surface area contributed by atoms with E-state index in [0.29, 0.717) is 0 Å². The molecule has 0 saturated carbocycles. The van der Waals surface area contributed by atoms with Crippen molar-refractivity contribution in [1.29, 1.82) is 0 Å². The molecule has 1 aliphatic heterocycles. The molecule has 3 N–H and O–H groups in total. The Kier molecular flexibility index (Phi) is 17.7. The van der Waals surface area contributed by atoms with Crippen molar-refractivity contribution in [2.75, 3.05) is 12.3 Å². The summed E-state index contributed by atoms with van der Waals surface area (Å²) in [4.78, 5) is 55.1. The van der Waals surface area contributed by atoms with Crippen LogP contribution >= 0.6 is 23.5 Å². The van der Waals surface area contributed by atoms with E-state index in [-0.39, 0.29) is 142 Å². The summed E-state index contributed by atoms with van der Waals surface area (Å²) in [7, 11) is -17.9. The second-order valence-corrected chi connectivity index (χ2v) is 10.1. The van der Waals surface area contributed by atoms with Crippen molar-refractivity contribution in [3.63, 3.8) is 0 Å². The van der Waals surface area contributed by atoms with Gasteiger partial charge < -0.3 is 44.2 Å². The monoisotopic (exact) mass is 579 g/mol. The van der Waals surface area contributed by atoms with E-state index in [1.807, 2.05) is 0 Å². The first kappa shape index (κ1) is 38.8. The quantitative estimate of drug-likeness (QED) is 0.217. The Labute approximate surface area is 280 Å². The van der Waals surface area contributed by atoms with Crippen LogP contribution in [0.5, 0.6) is 0 Å². The first-order valence-corrected chi connectivity index (χ1v) is 12.1. The minimum atomic E-state index is -6.09. The number of aliphatic hydroxyl groups excluding tert-OH is 1. The summed E-state index contributed by atoms with van der Waals surface area (Å²) in [5, 5.41) is 10.1. The fourth-order valence-electron chi connectivity index (χ4n) is 2.56. The maximum Gasteiger partial charge on any atom is 1.00 e. The number of nitrogens with two attached hydrogens (primary N) is 1. The molecule has 1 aliphatic rings. The molecule has 2 aromatic rings. The van der Waals surface area contributed by atoms with Gasteiger partial charge in [-0.1, -0.05) is 0 Å². The molecule has 34 heavy (non-hydrogen) atoms. The molecular formula is C10H12N5Na4O12P3. The molecule has 3 heterocycles. The van der Waals surface area contributed by atoms with Gasteiger partial charge in [-0.3, -0.25) is 18.0 Å². The average molecular weight is 579 g/mol. The summed E-state index contributed by atoms with van der Waals surface area (Å²) in [6, 6.07) is 0. The number of imidazole rings is 1. The number of ether oxygens (including phenoxy) is 1. The van der Waals surface area contributed by atoms with E-state index in [4.69, 9.17) is 10.5 Å². The number of phosphoric acid groups is 3. The Hall–Kier alpha value is 2.68. The van der Waals surface area contributed by atoms with Gasteiger partial charge in [-0.2, -0.15) is 0 Å². The Morgan fingerprint density at radius 3 is 2.26 bits per heavy atom. The van der Waals surface area contributed by atoms with Crippen molar-refractivity contribution in [2.24, 2.45) is 0 Å². The topological polar surface area (TPSA) is 270 Å². The summed E-state index contributed by atoms with van der Waals surface area (Å²) in [6.45, 7) is -0.908. The Morgan fingerprint density at radius 1 is 1.06 bits per heavy atom. The van der Waals surface area contributed by atoms with Gasteiger partial charge in [0.1, 0.15) is 24.2 Å². The number of nitrogens with zero attached hydrogens (tertiary/aromatic N) is 4. The molecule has 168 valence electrons. The molecule has 0 amide bonds. The number of hydrogen-bond donors (Lipinski definition) is 2. The Bertz CT molecular complexity index is 1090. The number of phosphoric ester groups is 1. The Morgan fingerprint density at radius 2 is 1.68 bits per heavy atom. The normalized spacial score (nSPS) is 23.4. The largest absolute Gasteiger partial charge is 1.00 e. The minimum Gasteiger partial charge on any atom is -0.790 e. The first-order valence-electron chi connectivity index (χ1n) is 7.74. The summed E-state index contributed by atoms with van der Waals surface area (Å²) in [5.74, 6) is 0.103. The average Bonchev–Trinajstić information content (AvgIpc) is 3.14. The van der Waals surface area contributed by atoms with E-state index in [1.165, 1.54) is 17.2 Å². The number of aromatic nitrogens is 4. The van der Waals surface area contributed by atoms with Gasteiger partial charge in [0.2, 0.25) is 0 Å². The van der Waals surface area contributed by atoms with Crippen molar-refractivity contribution < 1.29 is 174 Å². The van der Waals surface area contributed by atoms with Crippen LogP contribution in [0.15, 0.2) is 12.7 Å². The van der Waals surface area contributed by atoms with Crippen molar-refractivity contribution >= 4 is 40.4 Å². The zero-order chi connectivity index (χ0) is 22.3. The van der Waals surface area contributed by atoms with Crippen molar-refractivity contribution in [2.45, 2.75) is 24.9 Å². The smallest absolute Gasteiger partial charge is 0.790 e. The standard InChI is InChI=1S/C10H16N5O12P3.4Na/c11-9-8-10(13-3-12-9)15(4-14-8)7-1-5(16)6(25-7)2-24-29(20,21)27-30(22,23)26-28(17,18)19;;;;/h3-7,16H,1-2H2,(H,20,21)(H,22,23)(H2,11,12,13)(H2,17,18,19);;;;/q;4*+1/p-4/t5-,6+,7+;;;;/m0..../s1. The van der Waals surface area contributed by atoms with Crippen molar-refractivity contribution in [3.05, 3.63) is 12.7 Å². The van der Waals surface area contributed by atoms with Crippen LogP contribution in [0.4, 0.5) is 5.82 Å². The van der Waals surface area contributed by atoms with E-state index < -0.39 is 48.5 Å². The van der Waals surface area contributed by atoms with Gasteiger partial charge in [0, 0.05) is 6.42 Å². The number of anilines is 1. The van der Waals surface area contributed by atoms with Gasteiger partial charge >= 0.3 is 118 Å². The second-order valence-electron chi connectivity index (χ2n) is 5.82. The van der Waals surface area contributed by atoms with Crippen LogP contribution in [-0.2, 0) is 31.6 Å². The summed E-state index contributed by atoms with van der Waals surface area (Å²) >= 11 is 0. The van der Waals surface area contributed by atoms with Crippen LogP contribution in [-0.4, -0.2) is 43.4 Å². The third kappa shape index (κ3) is 11.0. The van der Waals surface area contributed by atoms with E-state index in [2.05, 4.69) is 28.1 Å².